The van der Waals surface area contributed by atoms with Crippen LogP contribution in [0.3, 0.4) is 0 Å². The summed E-state index contributed by atoms with van der Waals surface area (Å²) in [6, 6.07) is 15.0. The highest BCUT2D eigenvalue weighted by molar-refractivity contribution is 9.10. The highest BCUT2D eigenvalue weighted by atomic mass is 79.9. The van der Waals surface area contributed by atoms with Gasteiger partial charge in [0.05, 0.1) is 17.0 Å². The minimum atomic E-state index is -0.273. The van der Waals surface area contributed by atoms with E-state index in [1.807, 2.05) is 30.3 Å². The van der Waals surface area contributed by atoms with Crippen molar-refractivity contribution >= 4 is 26.7 Å². The maximum Gasteiger partial charge on any atom is 0.272 e. The van der Waals surface area contributed by atoms with Crippen molar-refractivity contribution < 1.29 is 0 Å². The molecule has 1 heterocycles. The second-order valence-corrected chi connectivity index (χ2v) is 4.98. The summed E-state index contributed by atoms with van der Waals surface area (Å²) in [5.74, 6) is 0. The van der Waals surface area contributed by atoms with Crippen LogP contribution in [0.25, 0.3) is 21.9 Å². The standard InChI is InChI=1S/C15H8BrN3O/c16-14-13-11(15(20)19-18-14)7-6-10(8-17)12(13)9-4-2-1-3-5-9/h1-7H,(H,19,20). The third-order valence-corrected chi connectivity index (χ3v) is 3.67. The number of hydrogen-bond donors (Lipinski definition) is 1. The number of nitrogens with zero attached hydrogens (tertiary/aromatic N) is 2. The van der Waals surface area contributed by atoms with Crippen LogP contribution >= 0.6 is 15.9 Å². The van der Waals surface area contributed by atoms with Crippen LogP contribution in [0.5, 0.6) is 0 Å². The number of rotatable bonds is 1. The van der Waals surface area contributed by atoms with E-state index >= 15 is 0 Å². The number of aromatic nitrogens is 2. The summed E-state index contributed by atoms with van der Waals surface area (Å²) >= 11 is 3.35. The molecule has 0 radical (unpaired) electrons. The second-order valence-electron chi connectivity index (χ2n) is 4.23. The van der Waals surface area contributed by atoms with Gasteiger partial charge in [-0.1, -0.05) is 30.3 Å². The van der Waals surface area contributed by atoms with Gasteiger partial charge in [-0.05, 0) is 33.6 Å². The van der Waals surface area contributed by atoms with Crippen LogP contribution in [0.15, 0.2) is 51.9 Å². The van der Waals surface area contributed by atoms with Gasteiger partial charge in [-0.15, -0.1) is 0 Å². The van der Waals surface area contributed by atoms with Crippen LogP contribution in [-0.2, 0) is 0 Å². The van der Waals surface area contributed by atoms with E-state index in [-0.39, 0.29) is 5.56 Å². The second kappa shape index (κ2) is 4.91. The lowest BCUT2D eigenvalue weighted by Gasteiger charge is -2.09. The zero-order valence-electron chi connectivity index (χ0n) is 10.2. The summed E-state index contributed by atoms with van der Waals surface area (Å²) in [6.45, 7) is 0. The molecule has 0 aliphatic rings. The van der Waals surface area contributed by atoms with Crippen LogP contribution in [0.4, 0.5) is 0 Å². The first-order valence-corrected chi connectivity index (χ1v) is 6.68. The number of nitrogens with one attached hydrogen (secondary N) is 1. The van der Waals surface area contributed by atoms with E-state index in [1.54, 1.807) is 12.1 Å². The quantitative estimate of drug-likeness (QED) is 0.746. The molecule has 0 atom stereocenters. The molecule has 0 aliphatic carbocycles. The Hall–Kier alpha value is -2.45. The fourth-order valence-electron chi connectivity index (χ4n) is 2.22. The average Bonchev–Trinajstić information content (AvgIpc) is 2.50. The number of H-pyrrole nitrogens is 1. The highest BCUT2D eigenvalue weighted by Gasteiger charge is 2.15. The molecule has 20 heavy (non-hydrogen) atoms. The first kappa shape index (κ1) is 12.6. The van der Waals surface area contributed by atoms with Crippen molar-refractivity contribution in [1.82, 2.24) is 10.2 Å². The molecule has 1 aromatic heterocycles. The molecule has 0 unspecified atom stereocenters. The molecule has 3 rings (SSSR count). The van der Waals surface area contributed by atoms with Gasteiger partial charge in [0, 0.05) is 10.9 Å². The summed E-state index contributed by atoms with van der Waals surface area (Å²) in [4.78, 5) is 11.9. The lowest BCUT2D eigenvalue weighted by Crippen LogP contribution is -2.09. The molecular formula is C15H8BrN3O. The average molecular weight is 326 g/mol. The van der Waals surface area contributed by atoms with Gasteiger partial charge >= 0.3 is 0 Å². The summed E-state index contributed by atoms with van der Waals surface area (Å²) < 4.78 is 0.517. The van der Waals surface area contributed by atoms with Crippen molar-refractivity contribution in [2.45, 2.75) is 0 Å². The molecule has 0 saturated carbocycles. The van der Waals surface area contributed by atoms with Crippen LogP contribution in [0.1, 0.15) is 5.56 Å². The van der Waals surface area contributed by atoms with Crippen LogP contribution in [0, 0.1) is 11.3 Å². The molecule has 0 amide bonds. The van der Waals surface area contributed by atoms with Crippen molar-refractivity contribution in [2.75, 3.05) is 0 Å². The Labute approximate surface area is 122 Å². The SMILES string of the molecule is N#Cc1ccc2c(=O)[nH]nc(Br)c2c1-c1ccccc1. The van der Waals surface area contributed by atoms with E-state index in [0.29, 0.717) is 20.9 Å². The van der Waals surface area contributed by atoms with Gasteiger partial charge in [0.1, 0.15) is 4.60 Å². The molecular weight excluding hydrogens is 318 g/mol. The first-order chi connectivity index (χ1) is 9.72. The van der Waals surface area contributed by atoms with Crippen LogP contribution < -0.4 is 5.56 Å². The number of fused-ring (bicyclic) bond motifs is 1. The monoisotopic (exact) mass is 325 g/mol. The van der Waals surface area contributed by atoms with Crippen molar-refractivity contribution in [3.8, 4) is 17.2 Å². The molecule has 5 heteroatoms. The molecule has 0 saturated heterocycles. The smallest absolute Gasteiger partial charge is 0.267 e. The summed E-state index contributed by atoms with van der Waals surface area (Å²) in [6.07, 6.45) is 0. The minimum Gasteiger partial charge on any atom is -0.267 e. The lowest BCUT2D eigenvalue weighted by atomic mass is 9.95. The Morgan fingerprint density at radius 3 is 2.60 bits per heavy atom. The van der Waals surface area contributed by atoms with Crippen molar-refractivity contribution in [2.24, 2.45) is 0 Å². The van der Waals surface area contributed by atoms with Gasteiger partial charge in [-0.3, -0.25) is 4.79 Å². The number of hydrogen-bond acceptors (Lipinski definition) is 3. The fraction of sp³-hybridized carbons (Fsp3) is 0. The Bertz CT molecular complexity index is 895. The van der Waals surface area contributed by atoms with E-state index in [4.69, 9.17) is 0 Å². The van der Waals surface area contributed by atoms with Gasteiger partial charge in [-0.2, -0.15) is 10.4 Å². The van der Waals surface area contributed by atoms with Crippen molar-refractivity contribution in [1.29, 1.82) is 5.26 Å². The number of nitriles is 1. The highest BCUT2D eigenvalue weighted by Crippen LogP contribution is 2.33. The van der Waals surface area contributed by atoms with E-state index in [1.165, 1.54) is 0 Å². The molecule has 1 N–H and O–H groups in total. The van der Waals surface area contributed by atoms with Crippen molar-refractivity contribution in [3.63, 3.8) is 0 Å². The van der Waals surface area contributed by atoms with E-state index in [2.05, 4.69) is 32.2 Å². The van der Waals surface area contributed by atoms with Gasteiger partial charge < -0.3 is 0 Å². The minimum absolute atomic E-state index is 0.273. The van der Waals surface area contributed by atoms with Crippen molar-refractivity contribution in [3.05, 3.63) is 63.0 Å². The zero-order chi connectivity index (χ0) is 14.1. The predicted molar refractivity (Wildman–Crippen MR) is 80.2 cm³/mol. The Balaban J connectivity index is 2.55. The third kappa shape index (κ3) is 1.91. The molecule has 3 aromatic rings. The molecule has 0 bridgehead atoms. The Morgan fingerprint density at radius 2 is 1.90 bits per heavy atom. The topological polar surface area (TPSA) is 69.5 Å². The molecule has 2 aromatic carbocycles. The Kier molecular flexibility index (Phi) is 3.09. The summed E-state index contributed by atoms with van der Waals surface area (Å²) in [5, 5.41) is 16.8. The maximum absolute atomic E-state index is 11.9. The molecule has 96 valence electrons. The van der Waals surface area contributed by atoms with E-state index < -0.39 is 0 Å². The number of halogens is 1. The van der Waals surface area contributed by atoms with Gasteiger partial charge in [-0.25, -0.2) is 5.10 Å². The predicted octanol–water partition coefficient (Wildman–Crippen LogP) is 3.22. The third-order valence-electron chi connectivity index (χ3n) is 3.09. The lowest BCUT2D eigenvalue weighted by molar-refractivity contribution is 0.990. The van der Waals surface area contributed by atoms with Crippen LogP contribution in [-0.4, -0.2) is 10.2 Å². The number of aromatic amines is 1. The van der Waals surface area contributed by atoms with E-state index in [9.17, 15) is 10.1 Å². The van der Waals surface area contributed by atoms with Gasteiger partial charge in [0.25, 0.3) is 5.56 Å². The zero-order valence-corrected chi connectivity index (χ0v) is 11.8. The molecule has 0 aliphatic heterocycles. The molecule has 4 nitrogen and oxygen atoms in total. The van der Waals surface area contributed by atoms with Crippen LogP contribution in [0.2, 0.25) is 0 Å². The normalized spacial score (nSPS) is 10.4. The molecule has 0 fully saturated rings. The fourth-order valence-corrected chi connectivity index (χ4v) is 2.72. The molecule has 0 spiro atoms. The largest absolute Gasteiger partial charge is 0.272 e. The number of benzene rings is 2. The van der Waals surface area contributed by atoms with Gasteiger partial charge in [0.2, 0.25) is 0 Å². The Morgan fingerprint density at radius 1 is 1.15 bits per heavy atom. The van der Waals surface area contributed by atoms with E-state index in [0.717, 1.165) is 11.1 Å². The van der Waals surface area contributed by atoms with Gasteiger partial charge in [0.15, 0.2) is 0 Å². The first-order valence-electron chi connectivity index (χ1n) is 5.89. The summed E-state index contributed by atoms with van der Waals surface area (Å²) in [5.41, 5.74) is 1.83. The summed E-state index contributed by atoms with van der Waals surface area (Å²) in [7, 11) is 0. The maximum atomic E-state index is 11.9.